The molecule has 0 aliphatic heterocycles. The van der Waals surface area contributed by atoms with Crippen LogP contribution in [0.1, 0.15) is 99.3 Å². The van der Waals surface area contributed by atoms with Crippen molar-refractivity contribution in [2.24, 2.45) is 5.92 Å². The molecule has 2 aromatic rings. The molecule has 5 nitrogen and oxygen atoms in total. The molecular weight excluding hydrogens is 447 g/mol. The summed E-state index contributed by atoms with van der Waals surface area (Å²) in [4.78, 5) is 24.5. The first-order valence-electron chi connectivity index (χ1n) is 12.9. The van der Waals surface area contributed by atoms with Crippen molar-refractivity contribution < 1.29 is 28.2 Å². The number of halogens is 1. The van der Waals surface area contributed by atoms with Gasteiger partial charge >= 0.3 is 11.9 Å². The van der Waals surface area contributed by atoms with E-state index in [1.54, 1.807) is 24.3 Å². The van der Waals surface area contributed by atoms with Gasteiger partial charge in [0.25, 0.3) is 0 Å². The van der Waals surface area contributed by atoms with Crippen LogP contribution < -0.4 is 9.47 Å². The molecule has 0 aliphatic rings. The van der Waals surface area contributed by atoms with Gasteiger partial charge in [0.05, 0.1) is 24.3 Å². The van der Waals surface area contributed by atoms with Gasteiger partial charge in [-0.2, -0.15) is 0 Å². The lowest BCUT2D eigenvalue weighted by atomic mass is 10.1. The molecule has 0 saturated carbocycles. The highest BCUT2D eigenvalue weighted by molar-refractivity contribution is 5.92. The van der Waals surface area contributed by atoms with Crippen molar-refractivity contribution in [3.63, 3.8) is 0 Å². The zero-order valence-electron chi connectivity index (χ0n) is 21.3. The maximum Gasteiger partial charge on any atom is 0.343 e. The van der Waals surface area contributed by atoms with Crippen LogP contribution in [0, 0.1) is 11.7 Å². The molecule has 0 heterocycles. The van der Waals surface area contributed by atoms with Crippen LogP contribution in [0.3, 0.4) is 0 Å². The Hall–Kier alpha value is -2.89. The van der Waals surface area contributed by atoms with Gasteiger partial charge < -0.3 is 14.2 Å². The van der Waals surface area contributed by atoms with Crippen molar-refractivity contribution in [3.8, 4) is 11.5 Å². The van der Waals surface area contributed by atoms with Gasteiger partial charge in [0, 0.05) is 6.07 Å². The summed E-state index contributed by atoms with van der Waals surface area (Å²) in [5.74, 6) is -1.25. The number of hydrogen-bond donors (Lipinski definition) is 0. The predicted octanol–water partition coefficient (Wildman–Crippen LogP) is 7.77. The number of ether oxygens (including phenoxy) is 3. The van der Waals surface area contributed by atoms with E-state index in [9.17, 15) is 14.0 Å². The van der Waals surface area contributed by atoms with Crippen LogP contribution in [-0.4, -0.2) is 25.2 Å². The van der Waals surface area contributed by atoms with Crippen molar-refractivity contribution in [1.82, 2.24) is 0 Å². The largest absolute Gasteiger partial charge is 0.494 e. The molecule has 0 unspecified atom stereocenters. The minimum Gasteiger partial charge on any atom is -0.494 e. The molecule has 2 rings (SSSR count). The number of rotatable bonds is 16. The summed E-state index contributed by atoms with van der Waals surface area (Å²) in [6.07, 6.45) is 10.8. The van der Waals surface area contributed by atoms with Crippen LogP contribution in [-0.2, 0) is 4.74 Å². The average molecular weight is 487 g/mol. The Morgan fingerprint density at radius 3 is 2.09 bits per heavy atom. The SMILES string of the molecule is CCCCCCCCCCOc1ccc(C(=O)Oc2ccc(C(=O)OC[C@@H](C)CC)c(F)c2)cc1. The minimum absolute atomic E-state index is 0.0148. The molecular formula is C29H39FO5. The van der Waals surface area contributed by atoms with Gasteiger partial charge in [-0.15, -0.1) is 0 Å². The molecule has 6 heteroatoms. The zero-order valence-corrected chi connectivity index (χ0v) is 21.3. The van der Waals surface area contributed by atoms with E-state index in [0.29, 0.717) is 17.9 Å². The van der Waals surface area contributed by atoms with Crippen LogP contribution in [0.4, 0.5) is 4.39 Å². The fourth-order valence-electron chi connectivity index (χ4n) is 3.42. The number of esters is 2. The molecule has 2 aromatic carbocycles. The third-order valence-corrected chi connectivity index (χ3v) is 5.92. The standard InChI is InChI=1S/C29H39FO5/c1-4-6-7-8-9-10-11-12-19-33-24-15-13-23(14-16-24)28(31)35-25-17-18-26(27(30)20-25)29(32)34-21-22(3)5-2/h13-18,20,22H,4-12,19,21H2,1-3H3/t22-/m0/s1. The zero-order chi connectivity index (χ0) is 25.5. The van der Waals surface area contributed by atoms with E-state index in [0.717, 1.165) is 25.3 Å². The molecule has 0 N–H and O–H groups in total. The second-order valence-corrected chi connectivity index (χ2v) is 8.99. The maximum absolute atomic E-state index is 14.4. The Bertz CT molecular complexity index is 910. The molecule has 35 heavy (non-hydrogen) atoms. The summed E-state index contributed by atoms with van der Waals surface area (Å²) in [5.41, 5.74) is 0.132. The van der Waals surface area contributed by atoms with Crippen LogP contribution in [0.5, 0.6) is 11.5 Å². The van der Waals surface area contributed by atoms with Crippen molar-refractivity contribution in [2.75, 3.05) is 13.2 Å². The molecule has 0 aliphatic carbocycles. The van der Waals surface area contributed by atoms with Crippen molar-refractivity contribution in [2.45, 2.75) is 78.6 Å². The molecule has 1 atom stereocenters. The number of carbonyl (C=O) groups excluding carboxylic acids is 2. The third kappa shape index (κ3) is 10.5. The summed E-state index contributed by atoms with van der Waals surface area (Å²) in [5, 5.41) is 0. The second kappa shape index (κ2) is 15.9. The molecule has 0 fully saturated rings. The Labute approximate surface area is 209 Å². The van der Waals surface area contributed by atoms with Crippen molar-refractivity contribution >= 4 is 11.9 Å². The number of benzene rings is 2. The third-order valence-electron chi connectivity index (χ3n) is 5.92. The van der Waals surface area contributed by atoms with Gasteiger partial charge in [-0.05, 0) is 48.7 Å². The van der Waals surface area contributed by atoms with Crippen LogP contribution in [0.15, 0.2) is 42.5 Å². The van der Waals surface area contributed by atoms with E-state index < -0.39 is 17.8 Å². The Morgan fingerprint density at radius 2 is 1.46 bits per heavy atom. The molecule has 0 radical (unpaired) electrons. The lowest BCUT2D eigenvalue weighted by Crippen LogP contribution is -2.13. The Morgan fingerprint density at radius 1 is 0.829 bits per heavy atom. The number of hydrogen-bond acceptors (Lipinski definition) is 5. The Balaban J connectivity index is 1.76. The van der Waals surface area contributed by atoms with E-state index >= 15 is 0 Å². The van der Waals surface area contributed by atoms with Crippen molar-refractivity contribution in [1.29, 1.82) is 0 Å². The second-order valence-electron chi connectivity index (χ2n) is 8.99. The van der Waals surface area contributed by atoms with E-state index in [2.05, 4.69) is 6.92 Å². The van der Waals surface area contributed by atoms with Gasteiger partial charge in [0.1, 0.15) is 17.3 Å². The number of carbonyl (C=O) groups is 2. The van der Waals surface area contributed by atoms with Crippen molar-refractivity contribution in [3.05, 3.63) is 59.4 Å². The lowest BCUT2D eigenvalue weighted by molar-refractivity contribution is 0.0442. The molecule has 0 bridgehead atoms. The highest BCUT2D eigenvalue weighted by Gasteiger charge is 2.17. The van der Waals surface area contributed by atoms with Gasteiger partial charge in [-0.25, -0.2) is 14.0 Å². The average Bonchev–Trinajstić information content (AvgIpc) is 2.86. The first kappa shape index (κ1) is 28.3. The van der Waals surface area contributed by atoms with E-state index in [1.165, 1.54) is 50.7 Å². The van der Waals surface area contributed by atoms with Crippen LogP contribution in [0.25, 0.3) is 0 Å². The summed E-state index contributed by atoms with van der Waals surface area (Å²) < 4.78 is 30.5. The molecule has 0 spiro atoms. The quantitative estimate of drug-likeness (QED) is 0.138. The van der Waals surface area contributed by atoms with Gasteiger partial charge in [0.15, 0.2) is 0 Å². The first-order valence-corrected chi connectivity index (χ1v) is 12.9. The fraction of sp³-hybridized carbons (Fsp3) is 0.517. The normalized spacial score (nSPS) is 11.7. The molecule has 0 amide bonds. The summed E-state index contributed by atoms with van der Waals surface area (Å²) >= 11 is 0. The fourth-order valence-corrected chi connectivity index (χ4v) is 3.42. The Kier molecular flexibility index (Phi) is 12.9. The smallest absolute Gasteiger partial charge is 0.343 e. The minimum atomic E-state index is -0.797. The number of unbranched alkanes of at least 4 members (excludes halogenated alkanes) is 7. The lowest BCUT2D eigenvalue weighted by Gasteiger charge is -2.11. The molecule has 192 valence electrons. The van der Waals surface area contributed by atoms with E-state index in [1.807, 2.05) is 13.8 Å². The van der Waals surface area contributed by atoms with E-state index in [4.69, 9.17) is 14.2 Å². The topological polar surface area (TPSA) is 61.8 Å². The molecule has 0 aromatic heterocycles. The molecule has 0 saturated heterocycles. The van der Waals surface area contributed by atoms with Gasteiger partial charge in [-0.3, -0.25) is 0 Å². The highest BCUT2D eigenvalue weighted by Crippen LogP contribution is 2.20. The van der Waals surface area contributed by atoms with Crippen LogP contribution >= 0.6 is 0 Å². The van der Waals surface area contributed by atoms with Gasteiger partial charge in [0.2, 0.25) is 0 Å². The highest BCUT2D eigenvalue weighted by atomic mass is 19.1. The summed E-state index contributed by atoms with van der Waals surface area (Å²) in [6, 6.07) is 10.3. The monoisotopic (exact) mass is 486 g/mol. The van der Waals surface area contributed by atoms with Gasteiger partial charge in [-0.1, -0.05) is 72.1 Å². The predicted molar refractivity (Wildman–Crippen MR) is 136 cm³/mol. The summed E-state index contributed by atoms with van der Waals surface area (Å²) in [7, 11) is 0. The summed E-state index contributed by atoms with van der Waals surface area (Å²) in [6.45, 7) is 7.03. The van der Waals surface area contributed by atoms with Crippen LogP contribution in [0.2, 0.25) is 0 Å². The maximum atomic E-state index is 14.4. The first-order chi connectivity index (χ1) is 16.9. The van der Waals surface area contributed by atoms with E-state index in [-0.39, 0.29) is 23.8 Å².